The van der Waals surface area contributed by atoms with Gasteiger partial charge in [-0.2, -0.15) is 0 Å². The molecule has 1 aliphatic carbocycles. The molecule has 1 saturated heterocycles. The van der Waals surface area contributed by atoms with E-state index in [-0.39, 0.29) is 25.7 Å². The molecular weight excluding hydrogens is 432 g/mol. The first-order valence-corrected chi connectivity index (χ1v) is 10.6. The second kappa shape index (κ2) is 8.71. The molecule has 0 radical (unpaired) electrons. The largest absolute Gasteiger partial charge is 0.489 e. The van der Waals surface area contributed by atoms with Crippen LogP contribution in [0.1, 0.15) is 42.4 Å². The fourth-order valence-electron chi connectivity index (χ4n) is 3.87. The van der Waals surface area contributed by atoms with E-state index in [1.807, 2.05) is 6.07 Å². The normalized spacial score (nSPS) is 21.7. The van der Waals surface area contributed by atoms with E-state index in [1.54, 1.807) is 30.0 Å². The maximum atomic E-state index is 14.9. The van der Waals surface area contributed by atoms with Gasteiger partial charge in [0.15, 0.2) is 0 Å². The molecule has 2 aliphatic rings. The first kappa shape index (κ1) is 21.4. The molecule has 1 saturated carbocycles. The summed E-state index contributed by atoms with van der Waals surface area (Å²) in [5.74, 6) is -0.458. The number of ether oxygens (including phenoxy) is 2. The molecule has 4 rings (SSSR count). The number of benzene rings is 2. The first-order chi connectivity index (χ1) is 14.3. The average molecular weight is 454 g/mol. The number of hydrogen-bond acceptors (Lipinski definition) is 4. The molecule has 0 spiro atoms. The molecule has 160 valence electrons. The summed E-state index contributed by atoms with van der Waals surface area (Å²) < 4.78 is 26.2. The van der Waals surface area contributed by atoms with Gasteiger partial charge in [0.2, 0.25) is 0 Å². The van der Waals surface area contributed by atoms with E-state index in [4.69, 9.17) is 32.7 Å². The Morgan fingerprint density at radius 2 is 1.90 bits per heavy atom. The summed E-state index contributed by atoms with van der Waals surface area (Å²) in [7, 11) is 0. The summed E-state index contributed by atoms with van der Waals surface area (Å²) in [5, 5.41) is 10.4. The standard InChI is InChI=1S/C22H22Cl2FNO4/c1-12-21(22(27)28)26(11-30-12)9-14-4-19(13-2-3-13)15(5-20(14)25)10-29-18-7-16(23)6-17(24)8-18/h4-8,12-13,21H,2-3,9-11H2,1H3,(H,27,28)/t12-,21+/m1/s1. The SMILES string of the molecule is C[C@H]1OCN(Cc2cc(C3CC3)c(COc3cc(Cl)cc(Cl)c3)cc2F)[C@@H]1C(=O)O. The van der Waals surface area contributed by atoms with Crippen LogP contribution in [0.3, 0.4) is 0 Å². The van der Waals surface area contributed by atoms with E-state index in [9.17, 15) is 14.3 Å². The van der Waals surface area contributed by atoms with Crippen molar-refractivity contribution in [3.8, 4) is 5.75 Å². The van der Waals surface area contributed by atoms with Gasteiger partial charge in [0.05, 0.1) is 6.10 Å². The molecule has 2 fully saturated rings. The number of rotatable bonds is 7. The van der Waals surface area contributed by atoms with Crippen LogP contribution in [0, 0.1) is 5.82 Å². The van der Waals surface area contributed by atoms with Gasteiger partial charge < -0.3 is 14.6 Å². The molecule has 1 aliphatic heterocycles. The zero-order valence-electron chi connectivity index (χ0n) is 16.4. The molecule has 8 heteroatoms. The lowest BCUT2D eigenvalue weighted by atomic mass is 9.99. The van der Waals surface area contributed by atoms with Gasteiger partial charge in [-0.3, -0.25) is 9.69 Å². The lowest BCUT2D eigenvalue weighted by Crippen LogP contribution is -2.40. The third-order valence-electron chi connectivity index (χ3n) is 5.52. The van der Waals surface area contributed by atoms with Gasteiger partial charge >= 0.3 is 5.97 Å². The molecule has 5 nitrogen and oxygen atoms in total. The van der Waals surface area contributed by atoms with Crippen LogP contribution in [0.5, 0.6) is 5.75 Å². The molecule has 30 heavy (non-hydrogen) atoms. The highest BCUT2D eigenvalue weighted by molar-refractivity contribution is 6.34. The van der Waals surface area contributed by atoms with Crippen molar-refractivity contribution in [2.75, 3.05) is 6.73 Å². The van der Waals surface area contributed by atoms with Gasteiger partial charge in [-0.15, -0.1) is 0 Å². The van der Waals surface area contributed by atoms with Crippen molar-refractivity contribution in [2.45, 2.75) is 51.0 Å². The monoisotopic (exact) mass is 453 g/mol. The number of aliphatic carboxylic acids is 1. The average Bonchev–Trinajstić information content (AvgIpc) is 3.44. The molecular formula is C22H22Cl2FNO4. The van der Waals surface area contributed by atoms with E-state index < -0.39 is 18.1 Å². The van der Waals surface area contributed by atoms with Crippen molar-refractivity contribution >= 4 is 29.2 Å². The van der Waals surface area contributed by atoms with Crippen molar-refractivity contribution in [3.05, 3.63) is 62.9 Å². The van der Waals surface area contributed by atoms with Crippen molar-refractivity contribution in [3.63, 3.8) is 0 Å². The lowest BCUT2D eigenvalue weighted by Gasteiger charge is -2.22. The number of carboxylic acid groups (broad SMARTS) is 1. The van der Waals surface area contributed by atoms with Crippen LogP contribution in [0.2, 0.25) is 10.0 Å². The van der Waals surface area contributed by atoms with Gasteiger partial charge in [0.1, 0.15) is 30.9 Å². The molecule has 0 bridgehead atoms. The van der Waals surface area contributed by atoms with E-state index in [2.05, 4.69) is 0 Å². The van der Waals surface area contributed by atoms with Gasteiger partial charge in [-0.25, -0.2) is 4.39 Å². The Bertz CT molecular complexity index is 946. The molecule has 2 aromatic rings. The number of carboxylic acids is 1. The molecule has 1 N–H and O–H groups in total. The van der Waals surface area contributed by atoms with E-state index in [1.165, 1.54) is 6.07 Å². The summed E-state index contributed by atoms with van der Waals surface area (Å²) >= 11 is 12.0. The molecule has 2 atom stereocenters. The zero-order chi connectivity index (χ0) is 21.4. The molecule has 0 unspecified atom stereocenters. The van der Waals surface area contributed by atoms with Crippen molar-refractivity contribution in [1.82, 2.24) is 4.90 Å². The number of halogens is 3. The van der Waals surface area contributed by atoms with Crippen LogP contribution in [0.4, 0.5) is 4.39 Å². The van der Waals surface area contributed by atoms with Crippen LogP contribution in [-0.2, 0) is 22.7 Å². The number of hydrogen-bond donors (Lipinski definition) is 1. The molecule has 0 amide bonds. The highest BCUT2D eigenvalue weighted by Gasteiger charge is 2.38. The Labute approximate surface area is 184 Å². The zero-order valence-corrected chi connectivity index (χ0v) is 17.9. The lowest BCUT2D eigenvalue weighted by molar-refractivity contribution is -0.142. The van der Waals surface area contributed by atoms with Gasteiger partial charge in [0, 0.05) is 22.2 Å². The second-order valence-corrected chi connectivity index (χ2v) is 8.71. The van der Waals surface area contributed by atoms with Gasteiger partial charge in [-0.1, -0.05) is 29.3 Å². The molecule has 2 aromatic carbocycles. The Balaban J connectivity index is 1.55. The van der Waals surface area contributed by atoms with Crippen LogP contribution in [0.25, 0.3) is 0 Å². The summed E-state index contributed by atoms with van der Waals surface area (Å²) in [6.45, 7) is 2.25. The quantitative estimate of drug-likeness (QED) is 0.622. The topological polar surface area (TPSA) is 59.0 Å². The Kier molecular flexibility index (Phi) is 6.21. The Morgan fingerprint density at radius 3 is 2.53 bits per heavy atom. The van der Waals surface area contributed by atoms with Crippen molar-refractivity contribution in [1.29, 1.82) is 0 Å². The predicted octanol–water partition coefficient (Wildman–Crippen LogP) is 5.22. The third kappa shape index (κ3) is 4.72. The van der Waals surface area contributed by atoms with E-state index in [0.29, 0.717) is 27.3 Å². The van der Waals surface area contributed by atoms with E-state index in [0.717, 1.165) is 24.0 Å². The highest BCUT2D eigenvalue weighted by atomic mass is 35.5. The molecule has 1 heterocycles. The Morgan fingerprint density at radius 1 is 1.20 bits per heavy atom. The summed E-state index contributed by atoms with van der Waals surface area (Å²) in [6, 6.07) is 7.49. The van der Waals surface area contributed by atoms with Crippen LogP contribution < -0.4 is 4.74 Å². The molecule has 0 aromatic heterocycles. The summed E-state index contributed by atoms with van der Waals surface area (Å²) in [5.41, 5.74) is 2.28. The predicted molar refractivity (Wildman–Crippen MR) is 112 cm³/mol. The maximum absolute atomic E-state index is 14.9. The highest BCUT2D eigenvalue weighted by Crippen LogP contribution is 2.43. The van der Waals surface area contributed by atoms with Crippen LogP contribution in [0.15, 0.2) is 30.3 Å². The summed E-state index contributed by atoms with van der Waals surface area (Å²) in [4.78, 5) is 13.2. The smallest absolute Gasteiger partial charge is 0.323 e. The fraction of sp³-hybridized carbons (Fsp3) is 0.409. The minimum absolute atomic E-state index is 0.163. The van der Waals surface area contributed by atoms with Crippen molar-refractivity contribution < 1.29 is 23.8 Å². The number of nitrogens with zero attached hydrogens (tertiary/aromatic N) is 1. The van der Waals surface area contributed by atoms with Gasteiger partial charge in [-0.05, 0) is 61.1 Å². The maximum Gasteiger partial charge on any atom is 0.323 e. The van der Waals surface area contributed by atoms with Crippen LogP contribution >= 0.6 is 23.2 Å². The minimum atomic E-state index is -0.965. The van der Waals surface area contributed by atoms with E-state index >= 15 is 0 Å². The second-order valence-electron chi connectivity index (χ2n) is 7.84. The van der Waals surface area contributed by atoms with Crippen molar-refractivity contribution in [2.24, 2.45) is 0 Å². The third-order valence-corrected chi connectivity index (χ3v) is 5.96. The fourth-order valence-corrected chi connectivity index (χ4v) is 4.38. The Hall–Kier alpha value is -1.86. The van der Waals surface area contributed by atoms with Crippen LogP contribution in [-0.4, -0.2) is 34.9 Å². The van der Waals surface area contributed by atoms with Gasteiger partial charge in [0.25, 0.3) is 0 Å². The number of carbonyl (C=O) groups is 1. The summed E-state index contributed by atoms with van der Waals surface area (Å²) in [6.07, 6.45) is 1.65. The minimum Gasteiger partial charge on any atom is -0.489 e. The first-order valence-electron chi connectivity index (χ1n) is 9.80.